The van der Waals surface area contributed by atoms with Crippen molar-refractivity contribution in [1.82, 2.24) is 19.6 Å². The highest BCUT2D eigenvalue weighted by atomic mass is 16.6. The van der Waals surface area contributed by atoms with Gasteiger partial charge in [0.1, 0.15) is 5.60 Å². The highest BCUT2D eigenvalue weighted by Crippen LogP contribution is 2.14. The smallest absolute Gasteiger partial charge is 0.410 e. The molecule has 2 heterocycles. The van der Waals surface area contributed by atoms with Gasteiger partial charge in [0.2, 0.25) is 0 Å². The fraction of sp³-hybridized carbons (Fsp3) is 0.895. The number of rotatable bonds is 4. The first-order chi connectivity index (χ1) is 12.7. The number of piperazine rings is 1. The van der Waals surface area contributed by atoms with E-state index in [0.29, 0.717) is 38.2 Å². The van der Waals surface area contributed by atoms with E-state index in [1.807, 2.05) is 20.8 Å². The van der Waals surface area contributed by atoms with Crippen LogP contribution in [0.4, 0.5) is 4.79 Å². The van der Waals surface area contributed by atoms with Crippen LogP contribution >= 0.6 is 0 Å². The molecule has 2 aliphatic rings. The summed E-state index contributed by atoms with van der Waals surface area (Å²) in [4.78, 5) is 25.3. The fourth-order valence-electron chi connectivity index (χ4n) is 3.51. The first kappa shape index (κ1) is 21.8. The summed E-state index contributed by atoms with van der Waals surface area (Å²) in [5.41, 5.74) is 5.70. The zero-order valence-electron chi connectivity index (χ0n) is 17.8. The van der Waals surface area contributed by atoms with Gasteiger partial charge in [0.25, 0.3) is 0 Å². The molecule has 27 heavy (non-hydrogen) atoms. The Hall–Kier alpha value is -1.54. The molecule has 0 unspecified atom stereocenters. The van der Waals surface area contributed by atoms with Gasteiger partial charge in [-0.25, -0.2) is 4.79 Å². The van der Waals surface area contributed by atoms with E-state index in [9.17, 15) is 4.79 Å². The topological polar surface area (TPSA) is 77.6 Å². The molecule has 0 radical (unpaired) electrons. The third-order valence-corrected chi connectivity index (χ3v) is 5.23. The quantitative estimate of drug-likeness (QED) is 0.574. The summed E-state index contributed by atoms with van der Waals surface area (Å²) < 4.78 is 5.43. The summed E-state index contributed by atoms with van der Waals surface area (Å²) in [6.45, 7) is 12.2. The van der Waals surface area contributed by atoms with Gasteiger partial charge >= 0.3 is 6.09 Å². The average Bonchev–Trinajstić information content (AvgIpc) is 2.60. The summed E-state index contributed by atoms with van der Waals surface area (Å²) in [6, 6.07) is 0.705. The molecule has 156 valence electrons. The van der Waals surface area contributed by atoms with Crippen molar-refractivity contribution in [1.29, 1.82) is 0 Å². The predicted molar refractivity (Wildman–Crippen MR) is 109 cm³/mol. The van der Waals surface area contributed by atoms with E-state index in [1.54, 1.807) is 4.90 Å². The SMILES string of the molecule is CN(C)C1CCN(CCN=C(N)N2CCN(C(=O)OC(C)(C)C)CC2)CC1. The van der Waals surface area contributed by atoms with E-state index >= 15 is 0 Å². The van der Waals surface area contributed by atoms with Crippen molar-refractivity contribution in [3.8, 4) is 0 Å². The Morgan fingerprint density at radius 2 is 1.63 bits per heavy atom. The lowest BCUT2D eigenvalue weighted by atomic mass is 10.0. The number of likely N-dealkylation sites (tertiary alicyclic amines) is 1. The van der Waals surface area contributed by atoms with Crippen molar-refractivity contribution in [3.05, 3.63) is 0 Å². The van der Waals surface area contributed by atoms with Crippen molar-refractivity contribution in [3.63, 3.8) is 0 Å². The third kappa shape index (κ3) is 7.18. The number of hydrogen-bond donors (Lipinski definition) is 1. The van der Waals surface area contributed by atoms with E-state index in [-0.39, 0.29) is 6.09 Å². The second kappa shape index (κ2) is 9.59. The van der Waals surface area contributed by atoms with E-state index in [4.69, 9.17) is 10.5 Å². The molecular formula is C19H38N6O2. The Balaban J connectivity index is 1.68. The molecule has 2 rings (SSSR count). The number of carbonyl (C=O) groups is 1. The number of nitrogens with zero attached hydrogens (tertiary/aromatic N) is 5. The van der Waals surface area contributed by atoms with Crippen molar-refractivity contribution in [2.45, 2.75) is 45.3 Å². The predicted octanol–water partition coefficient (Wildman–Crippen LogP) is 0.880. The van der Waals surface area contributed by atoms with Crippen molar-refractivity contribution >= 4 is 12.1 Å². The number of piperidine rings is 1. The number of hydrogen-bond acceptors (Lipinski definition) is 5. The monoisotopic (exact) mass is 382 g/mol. The molecule has 2 N–H and O–H groups in total. The maximum Gasteiger partial charge on any atom is 0.410 e. The minimum Gasteiger partial charge on any atom is -0.444 e. The molecule has 0 saturated carbocycles. The van der Waals surface area contributed by atoms with E-state index in [1.165, 1.54) is 12.8 Å². The van der Waals surface area contributed by atoms with Crippen LogP contribution in [0.25, 0.3) is 0 Å². The molecule has 0 aliphatic carbocycles. The first-order valence-corrected chi connectivity index (χ1v) is 10.1. The second-order valence-electron chi connectivity index (χ2n) is 8.73. The summed E-state index contributed by atoms with van der Waals surface area (Å²) >= 11 is 0. The lowest BCUT2D eigenvalue weighted by Crippen LogP contribution is -2.53. The van der Waals surface area contributed by atoms with E-state index in [2.05, 4.69) is 33.8 Å². The largest absolute Gasteiger partial charge is 0.444 e. The molecule has 0 aromatic heterocycles. The van der Waals surface area contributed by atoms with E-state index < -0.39 is 5.60 Å². The van der Waals surface area contributed by atoms with Crippen LogP contribution in [0.15, 0.2) is 4.99 Å². The number of carbonyl (C=O) groups excluding carboxylic acids is 1. The molecule has 0 bridgehead atoms. The molecule has 8 nitrogen and oxygen atoms in total. The minimum absolute atomic E-state index is 0.251. The van der Waals surface area contributed by atoms with Crippen LogP contribution in [-0.4, -0.2) is 110 Å². The Kier molecular flexibility index (Phi) is 7.73. The highest BCUT2D eigenvalue weighted by molar-refractivity contribution is 5.78. The number of aliphatic imine (C=N–C) groups is 1. The van der Waals surface area contributed by atoms with Gasteiger partial charge in [-0.15, -0.1) is 0 Å². The minimum atomic E-state index is -0.463. The van der Waals surface area contributed by atoms with Crippen LogP contribution in [0.1, 0.15) is 33.6 Å². The summed E-state index contributed by atoms with van der Waals surface area (Å²) in [6.07, 6.45) is 2.19. The van der Waals surface area contributed by atoms with Crippen molar-refractivity contribution in [2.24, 2.45) is 10.7 Å². The van der Waals surface area contributed by atoms with Gasteiger partial charge < -0.3 is 30.1 Å². The van der Waals surface area contributed by atoms with Gasteiger partial charge in [-0.3, -0.25) is 4.99 Å². The number of amides is 1. The Labute approximate surface area is 164 Å². The number of nitrogens with two attached hydrogens (primary N) is 1. The standard InChI is InChI=1S/C19H38N6O2/c1-19(2,3)27-18(26)25-14-12-24(13-15-25)17(20)21-8-11-23-9-6-16(7-10-23)22(4)5/h16H,6-15H2,1-5H3,(H2,20,21). The molecular weight excluding hydrogens is 344 g/mol. The molecule has 0 spiro atoms. The molecule has 0 atom stereocenters. The third-order valence-electron chi connectivity index (χ3n) is 5.23. The number of ether oxygens (including phenoxy) is 1. The van der Waals surface area contributed by atoms with Crippen molar-refractivity contribution in [2.75, 3.05) is 66.5 Å². The summed E-state index contributed by atoms with van der Waals surface area (Å²) in [5.74, 6) is 0.585. The highest BCUT2D eigenvalue weighted by Gasteiger charge is 2.26. The van der Waals surface area contributed by atoms with Crippen LogP contribution in [0.2, 0.25) is 0 Å². The zero-order valence-corrected chi connectivity index (χ0v) is 17.8. The molecule has 0 aromatic rings. The van der Waals surface area contributed by atoms with Gasteiger partial charge in [0.15, 0.2) is 5.96 Å². The summed E-state index contributed by atoms with van der Waals surface area (Å²) in [7, 11) is 4.32. The van der Waals surface area contributed by atoms with Gasteiger partial charge in [-0.1, -0.05) is 0 Å². The molecule has 8 heteroatoms. The van der Waals surface area contributed by atoms with Gasteiger partial charge in [-0.05, 0) is 60.8 Å². The Morgan fingerprint density at radius 3 is 2.15 bits per heavy atom. The zero-order chi connectivity index (χ0) is 20.0. The van der Waals surface area contributed by atoms with E-state index in [0.717, 1.165) is 26.2 Å². The average molecular weight is 383 g/mol. The van der Waals surface area contributed by atoms with Crippen LogP contribution in [0.3, 0.4) is 0 Å². The first-order valence-electron chi connectivity index (χ1n) is 10.1. The summed E-state index contributed by atoms with van der Waals surface area (Å²) in [5, 5.41) is 0. The molecule has 1 amide bonds. The van der Waals surface area contributed by atoms with Crippen molar-refractivity contribution < 1.29 is 9.53 Å². The van der Waals surface area contributed by atoms with Crippen LogP contribution in [-0.2, 0) is 4.74 Å². The lowest BCUT2D eigenvalue weighted by molar-refractivity contribution is 0.0186. The molecule has 2 fully saturated rings. The Morgan fingerprint density at radius 1 is 1.07 bits per heavy atom. The maximum absolute atomic E-state index is 12.1. The maximum atomic E-state index is 12.1. The van der Waals surface area contributed by atoms with Crippen LogP contribution < -0.4 is 5.73 Å². The lowest BCUT2D eigenvalue weighted by Gasteiger charge is -2.36. The molecule has 2 saturated heterocycles. The van der Waals surface area contributed by atoms with Gasteiger partial charge in [-0.2, -0.15) is 0 Å². The van der Waals surface area contributed by atoms with Gasteiger partial charge in [0, 0.05) is 38.8 Å². The normalized spacial score (nSPS) is 21.0. The fourth-order valence-corrected chi connectivity index (χ4v) is 3.51. The van der Waals surface area contributed by atoms with Gasteiger partial charge in [0.05, 0.1) is 6.54 Å². The number of guanidine groups is 1. The molecule has 0 aromatic carbocycles. The van der Waals surface area contributed by atoms with Crippen LogP contribution in [0, 0.1) is 0 Å². The Bertz CT molecular complexity index is 501. The van der Waals surface area contributed by atoms with Crippen LogP contribution in [0.5, 0.6) is 0 Å². The second-order valence-corrected chi connectivity index (χ2v) is 8.73. The molecule has 2 aliphatic heterocycles.